The second kappa shape index (κ2) is 5.30. The highest BCUT2D eigenvalue weighted by atomic mass is 16.7. The number of hydrogen-bond donors (Lipinski definition) is 1. The van der Waals surface area contributed by atoms with E-state index in [9.17, 15) is 0 Å². The average Bonchev–Trinajstić information content (AvgIpc) is 2.99. The number of fused-ring (bicyclic) bond motifs is 3. The summed E-state index contributed by atoms with van der Waals surface area (Å²) in [6.07, 6.45) is 0.762. The van der Waals surface area contributed by atoms with Crippen molar-refractivity contribution in [3.63, 3.8) is 0 Å². The van der Waals surface area contributed by atoms with Crippen LogP contribution in [0.25, 0.3) is 11.0 Å². The van der Waals surface area contributed by atoms with Gasteiger partial charge in [-0.2, -0.15) is 0 Å². The highest BCUT2D eigenvalue weighted by molar-refractivity contribution is 5.86. The molecule has 1 aliphatic heterocycles. The van der Waals surface area contributed by atoms with E-state index >= 15 is 0 Å². The van der Waals surface area contributed by atoms with Crippen molar-refractivity contribution in [2.24, 2.45) is 5.73 Å². The Morgan fingerprint density at radius 2 is 2.20 bits per heavy atom. The summed E-state index contributed by atoms with van der Waals surface area (Å²) in [6, 6.07) is 4.00. The van der Waals surface area contributed by atoms with Crippen LogP contribution in [0.2, 0.25) is 0 Å². The minimum atomic E-state index is 0.269. The van der Waals surface area contributed by atoms with Gasteiger partial charge in [0.25, 0.3) is 0 Å². The highest BCUT2D eigenvalue weighted by Gasteiger charge is 2.21. The number of nitrogens with zero attached hydrogens (tertiary/aromatic N) is 3. The molecule has 0 unspecified atom stereocenters. The lowest BCUT2D eigenvalue weighted by Gasteiger charge is -2.13. The summed E-state index contributed by atoms with van der Waals surface area (Å²) >= 11 is 0. The molecule has 0 saturated carbocycles. The summed E-state index contributed by atoms with van der Waals surface area (Å²) in [7, 11) is 4.13. The zero-order valence-electron chi connectivity index (χ0n) is 11.9. The second-order valence-corrected chi connectivity index (χ2v) is 5.19. The minimum absolute atomic E-state index is 0.269. The minimum Gasteiger partial charge on any atom is -0.454 e. The molecule has 2 N–H and O–H groups in total. The van der Waals surface area contributed by atoms with Crippen LogP contribution in [0.4, 0.5) is 0 Å². The fraction of sp³-hybridized carbons (Fsp3) is 0.500. The van der Waals surface area contributed by atoms with Gasteiger partial charge in [0, 0.05) is 19.5 Å². The third kappa shape index (κ3) is 2.21. The molecule has 1 aromatic carbocycles. The maximum Gasteiger partial charge on any atom is 0.231 e. The van der Waals surface area contributed by atoms with Crippen molar-refractivity contribution in [1.29, 1.82) is 0 Å². The molecule has 6 heteroatoms. The molecule has 0 bridgehead atoms. The molecule has 0 fully saturated rings. The molecule has 6 nitrogen and oxygen atoms in total. The van der Waals surface area contributed by atoms with E-state index in [1.807, 2.05) is 12.1 Å². The van der Waals surface area contributed by atoms with E-state index in [1.54, 1.807) is 0 Å². The van der Waals surface area contributed by atoms with Crippen molar-refractivity contribution < 1.29 is 9.47 Å². The van der Waals surface area contributed by atoms with Crippen LogP contribution < -0.4 is 15.2 Å². The van der Waals surface area contributed by atoms with Gasteiger partial charge in [0.1, 0.15) is 11.3 Å². The number of imidazole rings is 1. The Morgan fingerprint density at radius 1 is 1.35 bits per heavy atom. The van der Waals surface area contributed by atoms with Crippen molar-refractivity contribution in [3.05, 3.63) is 18.0 Å². The monoisotopic (exact) mass is 276 g/mol. The van der Waals surface area contributed by atoms with Gasteiger partial charge in [0.05, 0.1) is 5.52 Å². The van der Waals surface area contributed by atoms with E-state index in [4.69, 9.17) is 20.2 Å². The van der Waals surface area contributed by atoms with Gasteiger partial charge in [-0.05, 0) is 32.8 Å². The third-order valence-electron chi connectivity index (χ3n) is 3.47. The molecule has 0 aliphatic carbocycles. The predicted octanol–water partition coefficient (Wildman–Crippen LogP) is 0.828. The fourth-order valence-corrected chi connectivity index (χ4v) is 2.47. The first-order valence-corrected chi connectivity index (χ1v) is 6.83. The fourth-order valence-electron chi connectivity index (χ4n) is 2.47. The normalized spacial score (nSPS) is 13.6. The SMILES string of the molecule is CN(C)CCn1c(CCN)nc2c3c(ccc21)OCO3. The average molecular weight is 276 g/mol. The first-order valence-electron chi connectivity index (χ1n) is 6.83. The van der Waals surface area contributed by atoms with Crippen molar-refractivity contribution in [2.45, 2.75) is 13.0 Å². The molecular formula is C14H20N4O2. The quantitative estimate of drug-likeness (QED) is 0.876. The topological polar surface area (TPSA) is 65.5 Å². The van der Waals surface area contributed by atoms with Crippen LogP contribution in [0.15, 0.2) is 12.1 Å². The standard InChI is InChI=1S/C14H20N4O2/c1-17(2)7-8-18-10-3-4-11-14(20-9-19-11)13(10)16-12(18)5-6-15/h3-4H,5-9,15H2,1-2H3. The lowest BCUT2D eigenvalue weighted by molar-refractivity contribution is 0.174. The van der Waals surface area contributed by atoms with Crippen molar-refractivity contribution in [3.8, 4) is 11.5 Å². The van der Waals surface area contributed by atoms with Crippen LogP contribution in [0.1, 0.15) is 5.82 Å². The van der Waals surface area contributed by atoms with Gasteiger partial charge in [0.15, 0.2) is 11.5 Å². The van der Waals surface area contributed by atoms with E-state index in [-0.39, 0.29) is 6.79 Å². The Balaban J connectivity index is 2.07. The maximum absolute atomic E-state index is 5.70. The summed E-state index contributed by atoms with van der Waals surface area (Å²) in [4.78, 5) is 6.87. The van der Waals surface area contributed by atoms with Crippen LogP contribution >= 0.6 is 0 Å². The Kier molecular flexibility index (Phi) is 3.50. The lowest BCUT2D eigenvalue weighted by atomic mass is 10.2. The molecule has 20 heavy (non-hydrogen) atoms. The summed E-state index contributed by atoms with van der Waals surface area (Å²) in [6.45, 7) is 2.70. The van der Waals surface area contributed by atoms with Crippen LogP contribution in [-0.4, -0.2) is 48.4 Å². The smallest absolute Gasteiger partial charge is 0.231 e. The predicted molar refractivity (Wildman–Crippen MR) is 77.2 cm³/mol. The van der Waals surface area contributed by atoms with Crippen molar-refractivity contribution in [2.75, 3.05) is 34.0 Å². The third-order valence-corrected chi connectivity index (χ3v) is 3.47. The molecule has 0 spiro atoms. The zero-order valence-corrected chi connectivity index (χ0v) is 11.9. The van der Waals surface area contributed by atoms with Crippen molar-refractivity contribution >= 4 is 11.0 Å². The number of nitrogens with two attached hydrogens (primary N) is 1. The summed E-state index contributed by atoms with van der Waals surface area (Å²) < 4.78 is 13.2. The Bertz CT molecular complexity index is 621. The number of benzene rings is 1. The van der Waals surface area contributed by atoms with E-state index in [0.717, 1.165) is 47.9 Å². The van der Waals surface area contributed by atoms with Gasteiger partial charge in [0.2, 0.25) is 6.79 Å². The first kappa shape index (κ1) is 13.2. The molecule has 2 heterocycles. The van der Waals surface area contributed by atoms with Crippen LogP contribution in [0, 0.1) is 0 Å². The zero-order chi connectivity index (χ0) is 14.1. The lowest BCUT2D eigenvalue weighted by Crippen LogP contribution is -2.20. The van der Waals surface area contributed by atoms with E-state index in [1.165, 1.54) is 0 Å². The van der Waals surface area contributed by atoms with Gasteiger partial charge >= 0.3 is 0 Å². The molecule has 0 radical (unpaired) electrons. The maximum atomic E-state index is 5.70. The number of rotatable bonds is 5. The van der Waals surface area contributed by atoms with Gasteiger partial charge in [-0.3, -0.25) is 0 Å². The number of likely N-dealkylation sites (N-methyl/N-ethyl adjacent to an activating group) is 1. The molecule has 0 amide bonds. The summed E-state index contributed by atoms with van der Waals surface area (Å²) in [5, 5.41) is 0. The van der Waals surface area contributed by atoms with E-state index < -0.39 is 0 Å². The van der Waals surface area contributed by atoms with E-state index in [2.05, 4.69) is 23.6 Å². The number of aromatic nitrogens is 2. The van der Waals surface area contributed by atoms with Gasteiger partial charge < -0.3 is 24.7 Å². The van der Waals surface area contributed by atoms with Crippen LogP contribution in [0.5, 0.6) is 11.5 Å². The van der Waals surface area contributed by atoms with Crippen LogP contribution in [0.3, 0.4) is 0 Å². The second-order valence-electron chi connectivity index (χ2n) is 5.19. The Labute approximate surface area is 118 Å². The molecule has 0 saturated heterocycles. The largest absolute Gasteiger partial charge is 0.454 e. The highest BCUT2D eigenvalue weighted by Crippen LogP contribution is 2.38. The number of ether oxygens (including phenoxy) is 2. The molecule has 0 atom stereocenters. The molecular weight excluding hydrogens is 256 g/mol. The molecule has 108 valence electrons. The summed E-state index contributed by atoms with van der Waals surface area (Å²) in [5.74, 6) is 2.53. The van der Waals surface area contributed by atoms with Gasteiger partial charge in [-0.25, -0.2) is 4.98 Å². The molecule has 1 aliphatic rings. The molecule has 1 aromatic heterocycles. The number of hydrogen-bond acceptors (Lipinski definition) is 5. The Hall–Kier alpha value is -1.79. The Morgan fingerprint density at radius 3 is 2.95 bits per heavy atom. The molecule has 2 aromatic rings. The van der Waals surface area contributed by atoms with Crippen molar-refractivity contribution in [1.82, 2.24) is 14.5 Å². The summed E-state index contributed by atoms with van der Waals surface area (Å²) in [5.41, 5.74) is 7.66. The molecule has 3 rings (SSSR count). The van der Waals surface area contributed by atoms with Gasteiger partial charge in [-0.1, -0.05) is 0 Å². The first-order chi connectivity index (χ1) is 9.70. The van der Waals surface area contributed by atoms with E-state index in [0.29, 0.717) is 6.54 Å². The van der Waals surface area contributed by atoms with Crippen LogP contribution in [-0.2, 0) is 13.0 Å². The van der Waals surface area contributed by atoms with Gasteiger partial charge in [-0.15, -0.1) is 0 Å².